The van der Waals surface area contributed by atoms with E-state index in [1.54, 1.807) is 13.8 Å². The maximum atomic E-state index is 12.5. The second kappa shape index (κ2) is 7.13. The van der Waals surface area contributed by atoms with Crippen molar-refractivity contribution in [3.63, 3.8) is 0 Å². The number of nitrogens with zero attached hydrogens (tertiary/aromatic N) is 1. The first kappa shape index (κ1) is 17.8. The monoisotopic (exact) mass is 323 g/mol. The van der Waals surface area contributed by atoms with E-state index in [9.17, 15) is 18.0 Å². The Morgan fingerprint density at radius 3 is 2.43 bits per heavy atom. The molecule has 0 aliphatic rings. The van der Waals surface area contributed by atoms with Crippen LogP contribution in [0.5, 0.6) is 5.75 Å². The van der Waals surface area contributed by atoms with Crippen LogP contribution in [0.4, 0.5) is 13.2 Å². The van der Waals surface area contributed by atoms with Crippen LogP contribution in [0, 0.1) is 0 Å². The first-order valence-electron chi connectivity index (χ1n) is 6.31. The van der Waals surface area contributed by atoms with Crippen LogP contribution in [0.2, 0.25) is 5.02 Å². The molecule has 118 valence electrons. The van der Waals surface area contributed by atoms with Gasteiger partial charge in [-0.1, -0.05) is 11.6 Å². The van der Waals surface area contributed by atoms with E-state index in [0.717, 1.165) is 4.90 Å². The molecule has 0 aliphatic heterocycles. The lowest BCUT2D eigenvalue weighted by Gasteiger charge is -2.26. The molecular formula is C14H17ClF3NO2. The van der Waals surface area contributed by atoms with Crippen LogP contribution in [0.3, 0.4) is 0 Å². The number of rotatable bonds is 6. The minimum absolute atomic E-state index is 0.246. The van der Waals surface area contributed by atoms with E-state index >= 15 is 0 Å². The van der Waals surface area contributed by atoms with Crippen molar-refractivity contribution in [1.82, 2.24) is 4.90 Å². The molecule has 0 unspecified atom stereocenters. The van der Waals surface area contributed by atoms with Gasteiger partial charge in [0.25, 0.3) is 0 Å². The van der Waals surface area contributed by atoms with Crippen molar-refractivity contribution in [1.29, 1.82) is 0 Å². The zero-order valence-corrected chi connectivity index (χ0v) is 12.8. The highest BCUT2D eigenvalue weighted by molar-refractivity contribution is 6.32. The summed E-state index contributed by atoms with van der Waals surface area (Å²) in [5.41, 5.74) is 0.258. The zero-order valence-electron chi connectivity index (χ0n) is 12.0. The number of halogens is 4. The minimum Gasteiger partial charge on any atom is -0.495 e. The summed E-state index contributed by atoms with van der Waals surface area (Å²) >= 11 is 5.91. The van der Waals surface area contributed by atoms with E-state index in [-0.39, 0.29) is 17.1 Å². The Morgan fingerprint density at radius 2 is 2.00 bits per heavy atom. The van der Waals surface area contributed by atoms with Gasteiger partial charge in [0.1, 0.15) is 5.75 Å². The molecule has 0 aliphatic carbocycles. The van der Waals surface area contributed by atoms with Crippen LogP contribution in [0.15, 0.2) is 18.2 Å². The molecule has 7 heteroatoms. The number of ether oxygens (including phenoxy) is 1. The van der Waals surface area contributed by atoms with Crippen molar-refractivity contribution >= 4 is 17.4 Å². The van der Waals surface area contributed by atoms with Gasteiger partial charge in [0.05, 0.1) is 25.2 Å². The Balaban J connectivity index is 2.85. The van der Waals surface area contributed by atoms with Gasteiger partial charge in [-0.2, -0.15) is 13.2 Å². The van der Waals surface area contributed by atoms with Crippen LogP contribution in [-0.4, -0.2) is 43.1 Å². The average molecular weight is 324 g/mol. The van der Waals surface area contributed by atoms with Crippen LogP contribution in [-0.2, 0) is 0 Å². The largest absolute Gasteiger partial charge is 0.495 e. The lowest BCUT2D eigenvalue weighted by atomic mass is 10.1. The Labute approximate surface area is 126 Å². The third-order valence-electron chi connectivity index (χ3n) is 2.93. The van der Waals surface area contributed by atoms with E-state index in [1.807, 2.05) is 0 Å². The molecule has 0 amide bonds. The number of hydrogen-bond acceptors (Lipinski definition) is 3. The molecule has 0 saturated carbocycles. The molecule has 0 saturated heterocycles. The first-order valence-corrected chi connectivity index (χ1v) is 6.69. The number of alkyl halides is 3. The van der Waals surface area contributed by atoms with Crippen LogP contribution in [0.25, 0.3) is 0 Å². The van der Waals surface area contributed by atoms with Gasteiger partial charge < -0.3 is 4.74 Å². The minimum atomic E-state index is -4.35. The van der Waals surface area contributed by atoms with Crippen molar-refractivity contribution in [2.45, 2.75) is 26.1 Å². The number of benzene rings is 1. The number of ketones is 1. The summed E-state index contributed by atoms with van der Waals surface area (Å²) in [5.74, 6) is -0.0123. The summed E-state index contributed by atoms with van der Waals surface area (Å²) in [6.45, 7) is 1.78. The van der Waals surface area contributed by atoms with E-state index in [4.69, 9.17) is 16.3 Å². The smallest absolute Gasteiger partial charge is 0.401 e. The van der Waals surface area contributed by atoms with E-state index in [0.29, 0.717) is 5.75 Å². The third kappa shape index (κ3) is 5.55. The highest BCUT2D eigenvalue weighted by Crippen LogP contribution is 2.25. The molecule has 0 spiro atoms. The summed E-state index contributed by atoms with van der Waals surface area (Å²) in [6.07, 6.45) is -4.35. The van der Waals surface area contributed by atoms with Crippen molar-refractivity contribution in [3.05, 3.63) is 28.8 Å². The van der Waals surface area contributed by atoms with Gasteiger partial charge in [0, 0.05) is 11.6 Å². The topological polar surface area (TPSA) is 29.5 Å². The number of Topliss-reactive ketones (excluding diaryl/α,β-unsaturated/α-hetero) is 1. The Morgan fingerprint density at radius 1 is 1.38 bits per heavy atom. The zero-order chi connectivity index (χ0) is 16.2. The van der Waals surface area contributed by atoms with Gasteiger partial charge in [-0.05, 0) is 32.0 Å². The molecule has 0 fully saturated rings. The predicted molar refractivity (Wildman–Crippen MR) is 75.1 cm³/mol. The van der Waals surface area contributed by atoms with E-state index < -0.39 is 24.5 Å². The number of hydrogen-bond donors (Lipinski definition) is 0. The molecule has 1 aromatic rings. The van der Waals surface area contributed by atoms with E-state index in [1.165, 1.54) is 25.3 Å². The Kier molecular flexibility index (Phi) is 6.04. The quantitative estimate of drug-likeness (QED) is 0.746. The molecule has 0 aromatic heterocycles. The summed E-state index contributed by atoms with van der Waals surface area (Å²) in [5, 5.41) is 0.246. The van der Waals surface area contributed by atoms with Gasteiger partial charge >= 0.3 is 6.18 Å². The van der Waals surface area contributed by atoms with Crippen molar-refractivity contribution in [2.75, 3.05) is 20.2 Å². The maximum absolute atomic E-state index is 12.5. The molecule has 0 bridgehead atoms. The van der Waals surface area contributed by atoms with Gasteiger partial charge in [-0.15, -0.1) is 0 Å². The first-order chi connectivity index (χ1) is 9.64. The van der Waals surface area contributed by atoms with E-state index in [2.05, 4.69) is 0 Å². The molecule has 0 atom stereocenters. The van der Waals surface area contributed by atoms with Crippen LogP contribution >= 0.6 is 11.6 Å². The fourth-order valence-electron chi connectivity index (χ4n) is 1.77. The number of carbonyl (C=O) groups is 1. The van der Waals surface area contributed by atoms with Gasteiger partial charge in [-0.25, -0.2) is 0 Å². The van der Waals surface area contributed by atoms with Gasteiger partial charge in [0.2, 0.25) is 0 Å². The summed E-state index contributed by atoms with van der Waals surface area (Å²) in [6, 6.07) is 4.00. The number of carbonyl (C=O) groups excluding carboxylic acids is 1. The molecule has 21 heavy (non-hydrogen) atoms. The lowest BCUT2D eigenvalue weighted by molar-refractivity contribution is -0.148. The average Bonchev–Trinajstić information content (AvgIpc) is 2.36. The molecule has 0 heterocycles. The second-order valence-corrected chi connectivity index (χ2v) is 5.29. The predicted octanol–water partition coefficient (Wildman–Crippen LogP) is 3.80. The second-order valence-electron chi connectivity index (χ2n) is 4.89. The molecule has 0 N–H and O–H groups in total. The highest BCUT2D eigenvalue weighted by Gasteiger charge is 2.32. The normalized spacial score (nSPS) is 12.0. The summed E-state index contributed by atoms with van der Waals surface area (Å²) < 4.78 is 42.4. The third-order valence-corrected chi connectivity index (χ3v) is 3.23. The lowest BCUT2D eigenvalue weighted by Crippen LogP contribution is -2.42. The maximum Gasteiger partial charge on any atom is 0.401 e. The molecular weight excluding hydrogens is 307 g/mol. The molecule has 1 rings (SSSR count). The van der Waals surface area contributed by atoms with Crippen molar-refractivity contribution in [3.8, 4) is 5.75 Å². The fraction of sp³-hybridized carbons (Fsp3) is 0.500. The highest BCUT2D eigenvalue weighted by atomic mass is 35.5. The SMILES string of the molecule is COc1ccc(C(=O)CN(CC(F)(F)F)C(C)C)cc1Cl. The molecule has 1 aromatic carbocycles. The standard InChI is InChI=1S/C14H17ClF3NO2/c1-9(2)19(8-14(16,17)18)7-12(20)10-4-5-13(21-3)11(15)6-10/h4-6,9H,7-8H2,1-3H3. The van der Waals surface area contributed by atoms with Crippen molar-refractivity contribution < 1.29 is 22.7 Å². The molecule has 3 nitrogen and oxygen atoms in total. The summed E-state index contributed by atoms with van der Waals surface area (Å²) in [4.78, 5) is 13.2. The van der Waals surface area contributed by atoms with Crippen LogP contribution in [0.1, 0.15) is 24.2 Å². The Bertz CT molecular complexity index is 503. The van der Waals surface area contributed by atoms with Gasteiger partial charge in [-0.3, -0.25) is 9.69 Å². The Hall–Kier alpha value is -1.27. The number of methoxy groups -OCH3 is 1. The summed E-state index contributed by atoms with van der Waals surface area (Å²) in [7, 11) is 1.44. The van der Waals surface area contributed by atoms with Crippen molar-refractivity contribution in [2.24, 2.45) is 0 Å². The van der Waals surface area contributed by atoms with Crippen LogP contribution < -0.4 is 4.74 Å². The molecule has 0 radical (unpaired) electrons. The van der Waals surface area contributed by atoms with Gasteiger partial charge in [0.15, 0.2) is 5.78 Å². The fourth-order valence-corrected chi connectivity index (χ4v) is 2.02.